The van der Waals surface area contributed by atoms with Gasteiger partial charge in [0, 0.05) is 29.2 Å². The molecule has 0 saturated heterocycles. The summed E-state index contributed by atoms with van der Waals surface area (Å²) < 4.78 is 0. The lowest BCUT2D eigenvalue weighted by Gasteiger charge is -2.28. The van der Waals surface area contributed by atoms with Crippen molar-refractivity contribution in [3.05, 3.63) is 41.0 Å². The highest BCUT2D eigenvalue weighted by Gasteiger charge is 2.19. The second-order valence-corrected chi connectivity index (χ2v) is 6.52. The second-order valence-electron chi connectivity index (χ2n) is 6.11. The van der Waals surface area contributed by atoms with Gasteiger partial charge in [-0.15, -0.1) is 0 Å². The van der Waals surface area contributed by atoms with Gasteiger partial charge in [-0.3, -0.25) is 4.98 Å². The fourth-order valence-electron chi connectivity index (χ4n) is 3.37. The van der Waals surface area contributed by atoms with Crippen LogP contribution < -0.4 is 5.32 Å². The molecule has 0 unspecified atom stereocenters. The molecule has 1 N–H and O–H groups in total. The van der Waals surface area contributed by atoms with E-state index < -0.39 is 0 Å². The summed E-state index contributed by atoms with van der Waals surface area (Å²) in [5.41, 5.74) is 2.27. The van der Waals surface area contributed by atoms with Gasteiger partial charge in [0.15, 0.2) is 0 Å². The molecule has 1 aromatic heterocycles. The number of aromatic nitrogens is 1. The molecule has 3 heteroatoms. The summed E-state index contributed by atoms with van der Waals surface area (Å²) in [6, 6.07) is 8.72. The molecule has 112 valence electrons. The van der Waals surface area contributed by atoms with Gasteiger partial charge in [-0.25, -0.2) is 0 Å². The van der Waals surface area contributed by atoms with Gasteiger partial charge in [-0.05, 0) is 55.4 Å². The predicted octanol–water partition coefficient (Wildman–Crippen LogP) is 4.95. The number of halogens is 1. The molecule has 3 rings (SSSR count). The molecule has 21 heavy (non-hydrogen) atoms. The molecule has 0 radical (unpaired) electrons. The maximum atomic E-state index is 6.25. The topological polar surface area (TPSA) is 24.9 Å². The third kappa shape index (κ3) is 3.38. The van der Waals surface area contributed by atoms with Crippen LogP contribution in [0.1, 0.15) is 44.6 Å². The largest absolute Gasteiger partial charge is 0.310 e. The first kappa shape index (κ1) is 14.8. The van der Waals surface area contributed by atoms with Crippen LogP contribution in [0.2, 0.25) is 5.02 Å². The van der Waals surface area contributed by atoms with E-state index in [1.807, 2.05) is 24.4 Å². The van der Waals surface area contributed by atoms with Gasteiger partial charge >= 0.3 is 0 Å². The van der Waals surface area contributed by atoms with Crippen LogP contribution in [-0.2, 0) is 6.54 Å². The number of hydrogen-bond acceptors (Lipinski definition) is 2. The Balaban J connectivity index is 1.67. The van der Waals surface area contributed by atoms with Crippen molar-refractivity contribution in [2.24, 2.45) is 5.92 Å². The highest BCUT2D eigenvalue weighted by atomic mass is 35.5. The standard InChI is InChI=1S/C18H23ClN2/c1-2-13-5-8-15(9-6-13)21-12-14-7-10-17(19)16-4-3-11-20-18(14)16/h3-4,7,10-11,13,15,21H,2,5-6,8-9,12H2,1H3. The Morgan fingerprint density at radius 1 is 1.19 bits per heavy atom. The zero-order valence-electron chi connectivity index (χ0n) is 12.6. The van der Waals surface area contributed by atoms with E-state index in [4.69, 9.17) is 11.6 Å². The molecule has 1 saturated carbocycles. The van der Waals surface area contributed by atoms with E-state index in [1.54, 1.807) is 0 Å². The summed E-state index contributed by atoms with van der Waals surface area (Å²) >= 11 is 6.25. The fraction of sp³-hybridized carbons (Fsp3) is 0.500. The molecular formula is C18H23ClN2. The quantitative estimate of drug-likeness (QED) is 0.864. The second kappa shape index (κ2) is 6.76. The van der Waals surface area contributed by atoms with E-state index in [9.17, 15) is 0 Å². The van der Waals surface area contributed by atoms with E-state index in [0.29, 0.717) is 6.04 Å². The Morgan fingerprint density at radius 2 is 2.00 bits per heavy atom. The average Bonchev–Trinajstić information content (AvgIpc) is 2.55. The van der Waals surface area contributed by atoms with Gasteiger partial charge in [-0.1, -0.05) is 31.0 Å². The lowest BCUT2D eigenvalue weighted by Crippen LogP contribution is -2.32. The van der Waals surface area contributed by atoms with Crippen molar-refractivity contribution >= 4 is 22.5 Å². The van der Waals surface area contributed by atoms with Gasteiger partial charge in [0.1, 0.15) is 0 Å². The predicted molar refractivity (Wildman–Crippen MR) is 89.6 cm³/mol. The lowest BCUT2D eigenvalue weighted by atomic mass is 9.84. The van der Waals surface area contributed by atoms with Crippen molar-refractivity contribution in [3.8, 4) is 0 Å². The summed E-state index contributed by atoms with van der Waals surface area (Å²) in [6.07, 6.45) is 8.52. The monoisotopic (exact) mass is 302 g/mol. The number of nitrogens with zero attached hydrogens (tertiary/aromatic N) is 1. The summed E-state index contributed by atoms with van der Waals surface area (Å²) in [4.78, 5) is 4.51. The molecule has 0 bridgehead atoms. The van der Waals surface area contributed by atoms with E-state index in [-0.39, 0.29) is 0 Å². The van der Waals surface area contributed by atoms with Crippen LogP contribution in [0, 0.1) is 5.92 Å². The molecule has 0 spiro atoms. The molecule has 1 aliphatic rings. The summed E-state index contributed by atoms with van der Waals surface area (Å²) in [5.74, 6) is 0.945. The highest BCUT2D eigenvalue weighted by molar-refractivity contribution is 6.35. The van der Waals surface area contributed by atoms with E-state index in [0.717, 1.165) is 28.4 Å². The lowest BCUT2D eigenvalue weighted by molar-refractivity contribution is 0.285. The normalized spacial score (nSPS) is 22.6. The Hall–Kier alpha value is -1.12. The van der Waals surface area contributed by atoms with Crippen LogP contribution in [-0.4, -0.2) is 11.0 Å². The van der Waals surface area contributed by atoms with Gasteiger partial charge < -0.3 is 5.32 Å². The molecule has 0 atom stereocenters. The number of benzene rings is 1. The van der Waals surface area contributed by atoms with Gasteiger partial charge in [0.2, 0.25) is 0 Å². The van der Waals surface area contributed by atoms with Crippen molar-refractivity contribution in [2.45, 2.75) is 51.6 Å². The van der Waals surface area contributed by atoms with Crippen LogP contribution in [0.25, 0.3) is 10.9 Å². The third-order valence-corrected chi connectivity index (χ3v) is 5.13. The minimum Gasteiger partial charge on any atom is -0.310 e. The number of rotatable bonds is 4. The molecule has 1 heterocycles. The SMILES string of the molecule is CCC1CCC(NCc2ccc(Cl)c3cccnc23)CC1. The number of hydrogen-bond donors (Lipinski definition) is 1. The van der Waals surface area contributed by atoms with Crippen LogP contribution in [0.5, 0.6) is 0 Å². The molecule has 1 aliphatic carbocycles. The molecule has 1 fully saturated rings. The highest BCUT2D eigenvalue weighted by Crippen LogP contribution is 2.28. The summed E-state index contributed by atoms with van der Waals surface area (Å²) in [5, 5.41) is 5.54. The fourth-order valence-corrected chi connectivity index (χ4v) is 3.58. The first-order valence-electron chi connectivity index (χ1n) is 8.03. The van der Waals surface area contributed by atoms with E-state index >= 15 is 0 Å². The van der Waals surface area contributed by atoms with Crippen molar-refractivity contribution < 1.29 is 0 Å². The van der Waals surface area contributed by atoms with Gasteiger partial charge in [-0.2, -0.15) is 0 Å². The van der Waals surface area contributed by atoms with Crippen molar-refractivity contribution in [1.29, 1.82) is 0 Å². The van der Waals surface area contributed by atoms with Crippen LogP contribution in [0.4, 0.5) is 0 Å². The Labute approximate surface area is 131 Å². The molecule has 0 amide bonds. The number of fused-ring (bicyclic) bond motifs is 1. The van der Waals surface area contributed by atoms with Crippen molar-refractivity contribution in [2.75, 3.05) is 0 Å². The molecule has 2 aromatic rings. The zero-order valence-corrected chi connectivity index (χ0v) is 13.4. The Morgan fingerprint density at radius 3 is 2.76 bits per heavy atom. The van der Waals surface area contributed by atoms with Crippen LogP contribution >= 0.6 is 11.6 Å². The van der Waals surface area contributed by atoms with Gasteiger partial charge in [0.05, 0.1) is 5.52 Å². The van der Waals surface area contributed by atoms with Crippen molar-refractivity contribution in [3.63, 3.8) is 0 Å². The van der Waals surface area contributed by atoms with E-state index in [2.05, 4.69) is 23.3 Å². The average molecular weight is 303 g/mol. The maximum absolute atomic E-state index is 6.25. The smallest absolute Gasteiger partial charge is 0.0761 e. The number of nitrogens with one attached hydrogen (secondary N) is 1. The maximum Gasteiger partial charge on any atom is 0.0761 e. The zero-order chi connectivity index (χ0) is 14.7. The van der Waals surface area contributed by atoms with E-state index in [1.165, 1.54) is 37.7 Å². The molecule has 2 nitrogen and oxygen atoms in total. The van der Waals surface area contributed by atoms with Crippen molar-refractivity contribution in [1.82, 2.24) is 10.3 Å². The molecule has 0 aliphatic heterocycles. The minimum absolute atomic E-state index is 0.655. The van der Waals surface area contributed by atoms with Crippen LogP contribution in [0.3, 0.4) is 0 Å². The first-order chi connectivity index (χ1) is 10.3. The Bertz CT molecular complexity index is 603. The third-order valence-electron chi connectivity index (χ3n) is 4.81. The number of pyridine rings is 1. The Kier molecular flexibility index (Phi) is 4.77. The van der Waals surface area contributed by atoms with Crippen LogP contribution in [0.15, 0.2) is 30.5 Å². The van der Waals surface area contributed by atoms with Gasteiger partial charge in [0.25, 0.3) is 0 Å². The minimum atomic E-state index is 0.655. The molecular weight excluding hydrogens is 280 g/mol. The first-order valence-corrected chi connectivity index (χ1v) is 8.41. The molecule has 1 aromatic carbocycles. The summed E-state index contributed by atoms with van der Waals surface area (Å²) in [7, 11) is 0. The summed E-state index contributed by atoms with van der Waals surface area (Å²) in [6.45, 7) is 3.19.